The molecule has 8 heteroatoms. The number of rotatable bonds is 8. The van der Waals surface area contributed by atoms with Crippen LogP contribution < -0.4 is 15.8 Å². The van der Waals surface area contributed by atoms with Crippen molar-refractivity contribution in [3.05, 3.63) is 108 Å². The summed E-state index contributed by atoms with van der Waals surface area (Å²) in [6, 6.07) is 21.5. The Morgan fingerprint density at radius 3 is 2.58 bits per heavy atom. The highest BCUT2D eigenvalue weighted by Crippen LogP contribution is 2.20. The fourth-order valence-corrected chi connectivity index (χ4v) is 3.38. The van der Waals surface area contributed by atoms with Gasteiger partial charge in [0.2, 0.25) is 0 Å². The van der Waals surface area contributed by atoms with E-state index < -0.39 is 5.91 Å². The van der Waals surface area contributed by atoms with E-state index in [0.29, 0.717) is 16.9 Å². The summed E-state index contributed by atoms with van der Waals surface area (Å²) in [5, 5.41) is 7.12. The lowest BCUT2D eigenvalue weighted by atomic mass is 10.1. The lowest BCUT2D eigenvalue weighted by molar-refractivity contribution is 0.0938. The smallest absolute Gasteiger partial charge is 0.252 e. The second-order valence-corrected chi connectivity index (χ2v) is 7.48. The number of nitrogens with one attached hydrogen (secondary N) is 1. The largest absolute Gasteiger partial charge is 0.488 e. The summed E-state index contributed by atoms with van der Waals surface area (Å²) in [7, 11) is 0. The number of hydrogen-bond acceptors (Lipinski definition) is 5. The lowest BCUT2D eigenvalue weighted by Crippen LogP contribution is -2.26. The van der Waals surface area contributed by atoms with Crippen LogP contribution in [0.3, 0.4) is 0 Å². The summed E-state index contributed by atoms with van der Waals surface area (Å²) < 4.78 is 7.44. The average Bonchev–Trinajstić information content (AvgIpc) is 3.38. The fourth-order valence-electron chi connectivity index (χ4n) is 3.38. The van der Waals surface area contributed by atoms with Crippen molar-refractivity contribution in [3.63, 3.8) is 0 Å². The van der Waals surface area contributed by atoms with Crippen LogP contribution in [-0.2, 0) is 6.61 Å². The molecule has 0 saturated heterocycles. The number of hydrogen-bond donors (Lipinski definition) is 2. The molecule has 4 rings (SSSR count). The molecule has 0 aliphatic carbocycles. The predicted molar refractivity (Wildman–Crippen MR) is 123 cm³/mol. The van der Waals surface area contributed by atoms with Crippen LogP contribution in [0.15, 0.2) is 85.5 Å². The fraction of sp³-hybridized carbons (Fsp3) is 0.120. The Balaban J connectivity index is 1.40. The Morgan fingerprint density at radius 2 is 1.85 bits per heavy atom. The summed E-state index contributed by atoms with van der Waals surface area (Å²) in [4.78, 5) is 28.3. The highest BCUT2D eigenvalue weighted by Gasteiger charge is 2.13. The molecule has 0 bridgehead atoms. The maximum absolute atomic E-state index is 12.8. The third-order valence-corrected chi connectivity index (χ3v) is 5.16. The summed E-state index contributed by atoms with van der Waals surface area (Å²) >= 11 is 0. The van der Waals surface area contributed by atoms with Gasteiger partial charge in [0.25, 0.3) is 11.8 Å². The van der Waals surface area contributed by atoms with Crippen molar-refractivity contribution < 1.29 is 14.3 Å². The van der Waals surface area contributed by atoms with E-state index in [-0.39, 0.29) is 18.6 Å². The Morgan fingerprint density at radius 1 is 1.06 bits per heavy atom. The number of benzene rings is 3. The van der Waals surface area contributed by atoms with Gasteiger partial charge in [-0.25, -0.2) is 9.67 Å². The van der Waals surface area contributed by atoms with Gasteiger partial charge < -0.3 is 15.8 Å². The molecule has 1 unspecified atom stereocenters. The van der Waals surface area contributed by atoms with Gasteiger partial charge in [0, 0.05) is 5.56 Å². The van der Waals surface area contributed by atoms with E-state index in [2.05, 4.69) is 15.4 Å². The molecular formula is C25H23N5O3. The van der Waals surface area contributed by atoms with Crippen molar-refractivity contribution in [1.82, 2.24) is 20.1 Å². The lowest BCUT2D eigenvalue weighted by Gasteiger charge is -2.15. The summed E-state index contributed by atoms with van der Waals surface area (Å²) in [6.45, 7) is 2.13. The van der Waals surface area contributed by atoms with E-state index in [1.54, 1.807) is 53.5 Å². The standard InChI is InChI=1S/C25H23N5O3/c1-17(19-9-11-21(12-10-19)30-16-27-15-28-30)29-25(32)20-6-4-5-18(13-20)14-33-23-8-3-2-7-22(23)24(26)31/h2-13,15-17H,14H2,1H3,(H2,26,31)(H,29,32). The molecule has 1 aromatic heterocycles. The number of nitrogens with two attached hydrogens (primary N) is 1. The molecule has 8 nitrogen and oxygen atoms in total. The Labute approximate surface area is 191 Å². The number of carbonyl (C=O) groups excluding carboxylic acids is 2. The van der Waals surface area contributed by atoms with Crippen LogP contribution >= 0.6 is 0 Å². The zero-order valence-corrected chi connectivity index (χ0v) is 18.0. The highest BCUT2D eigenvalue weighted by atomic mass is 16.5. The van der Waals surface area contributed by atoms with Crippen molar-refractivity contribution in [2.24, 2.45) is 5.73 Å². The molecule has 2 amide bonds. The van der Waals surface area contributed by atoms with Crippen molar-refractivity contribution >= 4 is 11.8 Å². The first-order chi connectivity index (χ1) is 16.0. The maximum atomic E-state index is 12.8. The second-order valence-electron chi connectivity index (χ2n) is 7.48. The minimum absolute atomic E-state index is 0.190. The van der Waals surface area contributed by atoms with Gasteiger partial charge in [0.05, 0.1) is 17.3 Å². The van der Waals surface area contributed by atoms with Crippen LogP contribution in [0, 0.1) is 0 Å². The molecule has 1 atom stereocenters. The van der Waals surface area contributed by atoms with Crippen LogP contribution in [-0.4, -0.2) is 26.6 Å². The highest BCUT2D eigenvalue weighted by molar-refractivity contribution is 5.95. The number of nitrogens with zero attached hydrogens (tertiary/aromatic N) is 3. The molecule has 0 aliphatic heterocycles. The van der Waals surface area contributed by atoms with Crippen LogP contribution in [0.2, 0.25) is 0 Å². The number of primary amides is 1. The third kappa shape index (κ3) is 5.24. The zero-order chi connectivity index (χ0) is 23.2. The molecule has 33 heavy (non-hydrogen) atoms. The molecule has 0 fully saturated rings. The van der Waals surface area contributed by atoms with Gasteiger partial charge in [-0.2, -0.15) is 5.10 Å². The predicted octanol–water partition coefficient (Wildman–Crippen LogP) is 3.44. The SMILES string of the molecule is CC(NC(=O)c1cccc(COc2ccccc2C(N)=O)c1)c1ccc(-n2cncn2)cc1. The number of amides is 2. The molecule has 0 aliphatic rings. The van der Waals surface area contributed by atoms with Crippen molar-refractivity contribution in [1.29, 1.82) is 0 Å². The Hall–Kier alpha value is -4.46. The van der Waals surface area contributed by atoms with Crippen LogP contribution in [0.4, 0.5) is 0 Å². The second kappa shape index (κ2) is 9.78. The van der Waals surface area contributed by atoms with E-state index >= 15 is 0 Å². The number of aromatic nitrogens is 3. The first-order valence-corrected chi connectivity index (χ1v) is 10.4. The van der Waals surface area contributed by atoms with Gasteiger partial charge in [-0.3, -0.25) is 9.59 Å². The quantitative estimate of drug-likeness (QED) is 0.435. The van der Waals surface area contributed by atoms with E-state index in [1.807, 2.05) is 37.3 Å². The molecule has 1 heterocycles. The monoisotopic (exact) mass is 441 g/mol. The Bertz CT molecular complexity index is 1250. The molecule has 3 N–H and O–H groups in total. The van der Waals surface area contributed by atoms with E-state index in [0.717, 1.165) is 16.8 Å². The Kier molecular flexibility index (Phi) is 6.45. The molecule has 4 aromatic rings. The van der Waals surface area contributed by atoms with Crippen molar-refractivity contribution in [3.8, 4) is 11.4 Å². The average molecular weight is 441 g/mol. The molecular weight excluding hydrogens is 418 g/mol. The van der Waals surface area contributed by atoms with Crippen LogP contribution in [0.5, 0.6) is 5.75 Å². The van der Waals surface area contributed by atoms with Gasteiger partial charge in [-0.1, -0.05) is 36.4 Å². The topological polar surface area (TPSA) is 112 Å². The van der Waals surface area contributed by atoms with Gasteiger partial charge in [-0.05, 0) is 54.4 Å². The zero-order valence-electron chi connectivity index (χ0n) is 18.0. The summed E-state index contributed by atoms with van der Waals surface area (Å²) in [5.41, 5.74) is 8.88. The number of carbonyl (C=O) groups is 2. The molecule has 0 saturated carbocycles. The van der Waals surface area contributed by atoms with Crippen LogP contribution in [0.25, 0.3) is 5.69 Å². The number of para-hydroxylation sites is 1. The van der Waals surface area contributed by atoms with Crippen molar-refractivity contribution in [2.45, 2.75) is 19.6 Å². The van der Waals surface area contributed by atoms with Gasteiger partial charge in [0.15, 0.2) is 0 Å². The minimum atomic E-state index is -0.554. The first kappa shape index (κ1) is 21.8. The third-order valence-electron chi connectivity index (χ3n) is 5.16. The molecule has 3 aromatic carbocycles. The van der Waals surface area contributed by atoms with Crippen molar-refractivity contribution in [2.75, 3.05) is 0 Å². The maximum Gasteiger partial charge on any atom is 0.252 e. The summed E-state index contributed by atoms with van der Waals surface area (Å²) in [5.74, 6) is -0.341. The first-order valence-electron chi connectivity index (χ1n) is 10.4. The van der Waals surface area contributed by atoms with E-state index in [1.165, 1.54) is 6.33 Å². The molecule has 0 radical (unpaired) electrons. The minimum Gasteiger partial charge on any atom is -0.488 e. The number of ether oxygens (including phenoxy) is 1. The van der Waals surface area contributed by atoms with E-state index in [4.69, 9.17) is 10.5 Å². The van der Waals surface area contributed by atoms with E-state index in [9.17, 15) is 9.59 Å². The normalized spacial score (nSPS) is 11.5. The van der Waals surface area contributed by atoms with Gasteiger partial charge >= 0.3 is 0 Å². The van der Waals surface area contributed by atoms with Gasteiger partial charge in [-0.15, -0.1) is 0 Å². The summed E-state index contributed by atoms with van der Waals surface area (Å²) in [6.07, 6.45) is 3.11. The van der Waals surface area contributed by atoms with Crippen LogP contribution in [0.1, 0.15) is 44.8 Å². The molecule has 0 spiro atoms. The molecule has 166 valence electrons. The van der Waals surface area contributed by atoms with Gasteiger partial charge in [0.1, 0.15) is 25.0 Å².